The van der Waals surface area contributed by atoms with Crippen molar-refractivity contribution >= 4 is 23.7 Å². The van der Waals surface area contributed by atoms with Crippen LogP contribution in [0.4, 0.5) is 5.69 Å². The van der Waals surface area contributed by atoms with Crippen molar-refractivity contribution in [1.29, 1.82) is 0 Å². The summed E-state index contributed by atoms with van der Waals surface area (Å²) in [5.74, 6) is 0.669. The molecule has 0 aromatic heterocycles. The summed E-state index contributed by atoms with van der Waals surface area (Å²) in [6.45, 7) is 1.91. The van der Waals surface area contributed by atoms with Crippen molar-refractivity contribution in [2.24, 2.45) is 5.92 Å². The fraction of sp³-hybridized carbons (Fsp3) is 0.364. The first-order chi connectivity index (χ1) is 8.08. The Morgan fingerprint density at radius 1 is 1.59 bits per heavy atom. The summed E-state index contributed by atoms with van der Waals surface area (Å²) >= 11 is 1.31. The van der Waals surface area contributed by atoms with Crippen LogP contribution in [0.2, 0.25) is 0 Å². The number of nitrogens with zero attached hydrogens (tertiary/aromatic N) is 1. The van der Waals surface area contributed by atoms with Crippen molar-refractivity contribution in [2.75, 3.05) is 12.4 Å². The fourth-order valence-electron chi connectivity index (χ4n) is 1.16. The predicted octanol–water partition coefficient (Wildman–Crippen LogP) is 2.13. The highest BCUT2D eigenvalue weighted by Gasteiger charge is 2.15. The molecule has 0 aliphatic rings. The van der Waals surface area contributed by atoms with Crippen LogP contribution < -0.4 is 0 Å². The van der Waals surface area contributed by atoms with Gasteiger partial charge in [0, 0.05) is 24.0 Å². The number of rotatable bonds is 6. The van der Waals surface area contributed by atoms with Gasteiger partial charge in [-0.3, -0.25) is 14.9 Å². The van der Waals surface area contributed by atoms with Gasteiger partial charge in [-0.05, 0) is 12.0 Å². The van der Waals surface area contributed by atoms with E-state index in [1.165, 1.54) is 17.8 Å². The quantitative estimate of drug-likeness (QED) is 0.364. The summed E-state index contributed by atoms with van der Waals surface area (Å²) in [5, 5.41) is 19.7. The van der Waals surface area contributed by atoms with Gasteiger partial charge in [-0.1, -0.05) is 13.0 Å². The summed E-state index contributed by atoms with van der Waals surface area (Å²) in [7, 11) is 0. The third-order valence-electron chi connectivity index (χ3n) is 2.15. The molecule has 0 saturated carbocycles. The van der Waals surface area contributed by atoms with Crippen LogP contribution in [0.5, 0.6) is 0 Å². The molecule has 0 aliphatic carbocycles. The Balaban J connectivity index is 2.90. The first-order valence-corrected chi connectivity index (χ1v) is 6.04. The summed E-state index contributed by atoms with van der Waals surface area (Å²) in [4.78, 5) is 21.4. The lowest BCUT2D eigenvalue weighted by atomic mass is 10.2. The van der Waals surface area contributed by atoms with E-state index in [1.54, 1.807) is 12.1 Å². The molecule has 0 saturated heterocycles. The second-order valence-electron chi connectivity index (χ2n) is 3.70. The highest BCUT2D eigenvalue weighted by Crippen LogP contribution is 2.30. The zero-order valence-corrected chi connectivity index (χ0v) is 10.1. The van der Waals surface area contributed by atoms with Crippen LogP contribution in [0.3, 0.4) is 0 Å². The Morgan fingerprint density at radius 2 is 2.29 bits per heavy atom. The summed E-state index contributed by atoms with van der Waals surface area (Å²) in [5.41, 5.74) is 0.223. The number of carbonyl (C=O) groups is 1. The number of hydrogen-bond donors (Lipinski definition) is 1. The van der Waals surface area contributed by atoms with Gasteiger partial charge in [0.1, 0.15) is 6.29 Å². The lowest BCUT2D eigenvalue weighted by Crippen LogP contribution is -2.03. The largest absolute Gasteiger partial charge is 0.396 e. The highest BCUT2D eigenvalue weighted by atomic mass is 32.2. The van der Waals surface area contributed by atoms with E-state index >= 15 is 0 Å². The van der Waals surface area contributed by atoms with E-state index in [0.717, 1.165) is 0 Å². The topological polar surface area (TPSA) is 80.4 Å². The normalized spacial score (nSPS) is 12.1. The number of aldehydes is 1. The Labute approximate surface area is 103 Å². The van der Waals surface area contributed by atoms with Crippen LogP contribution in [0.1, 0.15) is 17.3 Å². The maximum atomic E-state index is 10.8. The molecule has 92 valence electrons. The van der Waals surface area contributed by atoms with Crippen LogP contribution in [0.25, 0.3) is 0 Å². The van der Waals surface area contributed by atoms with E-state index in [2.05, 4.69) is 0 Å². The van der Waals surface area contributed by atoms with Gasteiger partial charge in [0.2, 0.25) is 0 Å². The smallest absolute Gasteiger partial charge is 0.283 e. The van der Waals surface area contributed by atoms with Crippen molar-refractivity contribution < 1.29 is 14.8 Å². The van der Waals surface area contributed by atoms with Crippen LogP contribution in [0, 0.1) is 16.0 Å². The molecule has 0 amide bonds. The van der Waals surface area contributed by atoms with Crippen molar-refractivity contribution in [3.05, 3.63) is 33.9 Å². The van der Waals surface area contributed by atoms with Gasteiger partial charge in [-0.2, -0.15) is 0 Å². The lowest BCUT2D eigenvalue weighted by Gasteiger charge is -2.07. The minimum Gasteiger partial charge on any atom is -0.396 e. The number of benzene rings is 1. The second-order valence-corrected chi connectivity index (χ2v) is 4.76. The van der Waals surface area contributed by atoms with E-state index in [-0.39, 0.29) is 23.8 Å². The zero-order chi connectivity index (χ0) is 12.8. The first-order valence-electron chi connectivity index (χ1n) is 5.05. The third-order valence-corrected chi connectivity index (χ3v) is 3.54. The molecule has 0 bridgehead atoms. The van der Waals surface area contributed by atoms with E-state index in [4.69, 9.17) is 5.11 Å². The van der Waals surface area contributed by atoms with Gasteiger partial charge in [0.25, 0.3) is 5.69 Å². The fourth-order valence-corrected chi connectivity index (χ4v) is 2.17. The number of nitro benzene ring substituents is 1. The van der Waals surface area contributed by atoms with E-state index in [1.807, 2.05) is 6.92 Å². The van der Waals surface area contributed by atoms with Gasteiger partial charge in [0.15, 0.2) is 0 Å². The monoisotopic (exact) mass is 255 g/mol. The molecule has 1 unspecified atom stereocenters. The van der Waals surface area contributed by atoms with Crippen LogP contribution in [0.15, 0.2) is 23.1 Å². The van der Waals surface area contributed by atoms with Crippen LogP contribution in [-0.2, 0) is 0 Å². The standard InChI is InChI=1S/C11H13NO4S/c1-8(5-13)7-17-11-3-2-9(6-14)4-10(11)12(15)16/h2-4,6,8,13H,5,7H2,1H3. The molecule has 0 aliphatic heterocycles. The predicted molar refractivity (Wildman–Crippen MR) is 65.5 cm³/mol. The molecule has 0 radical (unpaired) electrons. The lowest BCUT2D eigenvalue weighted by molar-refractivity contribution is -0.387. The molecular formula is C11H13NO4S. The number of aliphatic hydroxyl groups excluding tert-OH is 1. The third kappa shape index (κ3) is 3.83. The Kier molecular flexibility index (Phi) is 5.11. The number of hydrogen-bond acceptors (Lipinski definition) is 5. The van der Waals surface area contributed by atoms with Gasteiger partial charge in [0.05, 0.1) is 9.82 Å². The molecule has 5 nitrogen and oxygen atoms in total. The number of thioether (sulfide) groups is 1. The second kappa shape index (κ2) is 6.36. The maximum absolute atomic E-state index is 10.8. The molecule has 6 heteroatoms. The number of carbonyl (C=O) groups excluding carboxylic acids is 1. The van der Waals surface area contributed by atoms with Crippen molar-refractivity contribution in [3.63, 3.8) is 0 Å². The Hall–Kier alpha value is -1.40. The van der Waals surface area contributed by atoms with Crippen LogP contribution >= 0.6 is 11.8 Å². The molecule has 1 aromatic rings. The minimum absolute atomic E-state index is 0.0488. The highest BCUT2D eigenvalue weighted by molar-refractivity contribution is 7.99. The van der Waals surface area contributed by atoms with Gasteiger partial charge in [-0.25, -0.2) is 0 Å². The molecule has 0 heterocycles. The van der Waals surface area contributed by atoms with E-state index in [9.17, 15) is 14.9 Å². The molecule has 1 N–H and O–H groups in total. The van der Waals surface area contributed by atoms with Crippen LogP contribution in [-0.4, -0.2) is 28.7 Å². The number of nitro groups is 1. The summed E-state index contributed by atoms with van der Waals surface area (Å²) in [6, 6.07) is 4.38. The Bertz CT molecular complexity index is 422. The average molecular weight is 255 g/mol. The molecule has 1 aromatic carbocycles. The minimum atomic E-state index is -0.501. The maximum Gasteiger partial charge on any atom is 0.283 e. The van der Waals surface area contributed by atoms with Gasteiger partial charge >= 0.3 is 0 Å². The molecule has 1 atom stereocenters. The van der Waals surface area contributed by atoms with Crippen molar-refractivity contribution in [2.45, 2.75) is 11.8 Å². The Morgan fingerprint density at radius 3 is 2.82 bits per heavy atom. The number of aliphatic hydroxyl groups is 1. The van der Waals surface area contributed by atoms with E-state index < -0.39 is 4.92 Å². The zero-order valence-electron chi connectivity index (χ0n) is 9.33. The van der Waals surface area contributed by atoms with Gasteiger partial charge < -0.3 is 5.11 Å². The SMILES string of the molecule is CC(CO)CSc1ccc(C=O)cc1[N+](=O)[O-]. The average Bonchev–Trinajstić information content (AvgIpc) is 2.35. The van der Waals surface area contributed by atoms with Gasteiger partial charge in [-0.15, -0.1) is 11.8 Å². The molecule has 0 fully saturated rings. The first kappa shape index (κ1) is 13.7. The van der Waals surface area contributed by atoms with Crippen molar-refractivity contribution in [1.82, 2.24) is 0 Å². The molecule has 0 spiro atoms. The molecule has 1 rings (SSSR count). The van der Waals surface area contributed by atoms with E-state index in [0.29, 0.717) is 16.9 Å². The summed E-state index contributed by atoms with van der Waals surface area (Å²) < 4.78 is 0. The molecule has 17 heavy (non-hydrogen) atoms. The van der Waals surface area contributed by atoms with Crippen molar-refractivity contribution in [3.8, 4) is 0 Å². The summed E-state index contributed by atoms with van der Waals surface area (Å²) in [6.07, 6.45) is 0.581. The molecular weight excluding hydrogens is 242 g/mol.